The molecule has 0 saturated carbocycles. The molecule has 0 aliphatic rings. The largest absolute Gasteiger partial charge is 0.494 e. The summed E-state index contributed by atoms with van der Waals surface area (Å²) in [6.45, 7) is 4.71. The van der Waals surface area contributed by atoms with E-state index >= 15 is 0 Å². The molecular weight excluding hydrogens is 380 g/mol. The number of anilines is 1. The molecule has 4 aromatic rings. The predicted molar refractivity (Wildman–Crippen MR) is 122 cm³/mol. The number of aromatic nitrogens is 1. The minimum atomic E-state index is 0. The molecule has 1 N–H and O–H groups in total. The number of fused-ring (bicyclic) bond motifs is 1. The molecule has 0 aliphatic carbocycles. The molecule has 0 fully saturated rings. The van der Waals surface area contributed by atoms with Crippen LogP contribution in [0.4, 0.5) is 5.13 Å². The first-order valence-corrected chi connectivity index (χ1v) is 10.2. The topological polar surface area (TPSA) is 43.4 Å². The highest BCUT2D eigenvalue weighted by molar-refractivity contribution is 7.22. The van der Waals surface area contributed by atoms with Crippen LogP contribution in [-0.2, 0) is 13.0 Å². The average Bonchev–Trinajstić information content (AvgIpc) is 3.16. The summed E-state index contributed by atoms with van der Waals surface area (Å²) in [5.41, 5.74) is 4.08. The van der Waals surface area contributed by atoms with Gasteiger partial charge in [-0.1, -0.05) is 66.4 Å². The van der Waals surface area contributed by atoms with Crippen molar-refractivity contribution in [2.45, 2.75) is 13.0 Å². The number of ether oxygens (including phenoxy) is 2. The predicted octanol–water partition coefficient (Wildman–Crippen LogP) is 6.30. The quantitative estimate of drug-likeness (QED) is 0.374. The van der Waals surface area contributed by atoms with Crippen LogP contribution in [0.25, 0.3) is 10.2 Å². The number of rotatable bonds is 8. The van der Waals surface area contributed by atoms with E-state index in [4.69, 9.17) is 9.47 Å². The number of methoxy groups -OCH3 is 1. The van der Waals surface area contributed by atoms with E-state index in [0.717, 1.165) is 43.7 Å². The summed E-state index contributed by atoms with van der Waals surface area (Å²) in [7, 11) is 1.66. The van der Waals surface area contributed by atoms with Gasteiger partial charge in [-0.25, -0.2) is 4.98 Å². The van der Waals surface area contributed by atoms with Gasteiger partial charge >= 0.3 is 0 Å². The fourth-order valence-corrected chi connectivity index (χ4v) is 3.96. The fraction of sp³-hybridized carbons (Fsp3) is 0.125. The lowest BCUT2D eigenvalue weighted by molar-refractivity contribution is 0.306. The first-order chi connectivity index (χ1) is 14.2. The molecule has 0 atom stereocenters. The Morgan fingerprint density at radius 1 is 1.00 bits per heavy atom. The molecule has 0 bridgehead atoms. The Balaban J connectivity index is 0.00000256. The Bertz CT molecular complexity index is 1110. The van der Waals surface area contributed by atoms with Crippen LogP contribution in [0.2, 0.25) is 0 Å². The lowest BCUT2D eigenvalue weighted by Gasteiger charge is -2.09. The van der Waals surface area contributed by atoms with Gasteiger partial charge in [-0.05, 0) is 35.4 Å². The zero-order chi connectivity index (χ0) is 20.1. The van der Waals surface area contributed by atoms with Gasteiger partial charge in [0.1, 0.15) is 23.6 Å². The minimum Gasteiger partial charge on any atom is -0.494 e. The van der Waals surface area contributed by atoms with E-state index in [2.05, 4.69) is 41.1 Å². The summed E-state index contributed by atoms with van der Waals surface area (Å²) < 4.78 is 12.3. The molecule has 5 heteroatoms. The van der Waals surface area contributed by atoms with E-state index in [9.17, 15) is 0 Å². The number of nitrogens with zero attached hydrogens (tertiary/aromatic N) is 1. The molecule has 4 rings (SSSR count). The van der Waals surface area contributed by atoms with Crippen LogP contribution in [-0.4, -0.2) is 12.1 Å². The van der Waals surface area contributed by atoms with Gasteiger partial charge in [0, 0.05) is 13.5 Å². The zero-order valence-corrected chi connectivity index (χ0v) is 17.0. The van der Waals surface area contributed by atoms with E-state index in [1.165, 1.54) is 0 Å². The maximum atomic E-state index is 5.84. The molecular formula is C24H24N2O2S. The fourth-order valence-electron chi connectivity index (χ4n) is 3.03. The van der Waals surface area contributed by atoms with Gasteiger partial charge in [0.25, 0.3) is 0 Å². The summed E-state index contributed by atoms with van der Waals surface area (Å²) in [5.74, 6) is 1.64. The second-order valence-corrected chi connectivity index (χ2v) is 7.68. The van der Waals surface area contributed by atoms with Crippen LogP contribution < -0.4 is 14.8 Å². The highest BCUT2D eigenvalue weighted by atomic mass is 32.1. The molecule has 0 spiro atoms. The lowest BCUT2D eigenvalue weighted by Crippen LogP contribution is -2.01. The van der Waals surface area contributed by atoms with Crippen molar-refractivity contribution in [1.82, 2.24) is 4.98 Å². The van der Waals surface area contributed by atoms with E-state index < -0.39 is 0 Å². The normalized spacial score (nSPS) is 10.7. The SMILES string of the molecule is C=C(Cc1ccc(OCc2ccccc2)cc1)Nc1nc2c(OC)cccc2s1.[HH]. The number of allylic oxidation sites excluding steroid dienone is 1. The van der Waals surface area contributed by atoms with Crippen LogP contribution in [0.5, 0.6) is 11.5 Å². The number of hydrogen-bond acceptors (Lipinski definition) is 5. The first-order valence-electron chi connectivity index (χ1n) is 9.35. The maximum Gasteiger partial charge on any atom is 0.188 e. The molecule has 29 heavy (non-hydrogen) atoms. The number of para-hydroxylation sites is 1. The molecule has 1 aromatic heterocycles. The van der Waals surface area contributed by atoms with E-state index in [-0.39, 0.29) is 1.43 Å². The third-order valence-corrected chi connectivity index (χ3v) is 5.41. The van der Waals surface area contributed by atoms with Crippen LogP contribution in [0.15, 0.2) is 85.1 Å². The highest BCUT2D eigenvalue weighted by Crippen LogP contribution is 2.32. The standard InChI is InChI=1S/C24H22N2O2S.H2/c1-17(25-24-26-23-21(27-2)9-6-10-22(23)29-24)15-18-11-13-20(14-12-18)28-16-19-7-4-3-5-8-19;/h3-14H,1,15-16H2,2H3,(H,25,26);1H. The average molecular weight is 405 g/mol. The van der Waals surface area contributed by atoms with Crippen molar-refractivity contribution in [3.05, 3.63) is 96.2 Å². The van der Waals surface area contributed by atoms with Crippen LogP contribution >= 0.6 is 11.3 Å². The summed E-state index contributed by atoms with van der Waals surface area (Å²) >= 11 is 1.59. The van der Waals surface area contributed by atoms with Gasteiger partial charge in [0.2, 0.25) is 0 Å². The second kappa shape index (κ2) is 8.80. The highest BCUT2D eigenvalue weighted by Gasteiger charge is 2.09. The van der Waals surface area contributed by atoms with Crippen molar-refractivity contribution in [2.75, 3.05) is 12.4 Å². The Morgan fingerprint density at radius 3 is 2.55 bits per heavy atom. The zero-order valence-electron chi connectivity index (χ0n) is 16.2. The summed E-state index contributed by atoms with van der Waals surface area (Å²) in [5, 5.41) is 4.14. The number of thiazole rings is 1. The Hall–Kier alpha value is -3.31. The Kier molecular flexibility index (Phi) is 5.77. The molecule has 1 heterocycles. The van der Waals surface area contributed by atoms with Gasteiger partial charge in [0.15, 0.2) is 5.13 Å². The summed E-state index contributed by atoms with van der Waals surface area (Å²) in [6, 6.07) is 24.2. The van der Waals surface area contributed by atoms with Gasteiger partial charge in [-0.3, -0.25) is 0 Å². The van der Waals surface area contributed by atoms with Crippen molar-refractivity contribution in [1.29, 1.82) is 0 Å². The first kappa shape index (κ1) is 19.0. The molecule has 4 nitrogen and oxygen atoms in total. The molecule has 3 aromatic carbocycles. The van der Waals surface area contributed by atoms with Crippen molar-refractivity contribution in [2.24, 2.45) is 0 Å². The van der Waals surface area contributed by atoms with Crippen molar-refractivity contribution in [3.63, 3.8) is 0 Å². The summed E-state index contributed by atoms with van der Waals surface area (Å²) in [4.78, 5) is 4.63. The third kappa shape index (κ3) is 4.76. The number of hydrogen-bond donors (Lipinski definition) is 1. The molecule has 148 valence electrons. The van der Waals surface area contributed by atoms with Crippen LogP contribution in [0.3, 0.4) is 0 Å². The van der Waals surface area contributed by atoms with Gasteiger partial charge in [-0.2, -0.15) is 0 Å². The number of benzene rings is 3. The molecule has 0 aliphatic heterocycles. The van der Waals surface area contributed by atoms with Crippen molar-refractivity contribution in [3.8, 4) is 11.5 Å². The lowest BCUT2D eigenvalue weighted by atomic mass is 10.1. The van der Waals surface area contributed by atoms with Crippen LogP contribution in [0.1, 0.15) is 12.6 Å². The van der Waals surface area contributed by atoms with Crippen molar-refractivity contribution >= 4 is 26.7 Å². The van der Waals surface area contributed by atoms with Gasteiger partial charge in [-0.15, -0.1) is 0 Å². The number of nitrogens with one attached hydrogen (secondary N) is 1. The minimum absolute atomic E-state index is 0. The Labute approximate surface area is 175 Å². The van der Waals surface area contributed by atoms with E-state index in [1.54, 1.807) is 18.4 Å². The molecule has 0 saturated heterocycles. The van der Waals surface area contributed by atoms with E-state index in [1.807, 2.05) is 48.5 Å². The Morgan fingerprint density at radius 2 is 1.79 bits per heavy atom. The second-order valence-electron chi connectivity index (χ2n) is 6.65. The molecule has 0 unspecified atom stereocenters. The van der Waals surface area contributed by atoms with Gasteiger partial charge in [0.05, 0.1) is 11.8 Å². The monoisotopic (exact) mass is 404 g/mol. The third-order valence-electron chi connectivity index (χ3n) is 4.47. The molecule has 0 radical (unpaired) electrons. The van der Waals surface area contributed by atoms with Gasteiger partial charge < -0.3 is 14.8 Å². The summed E-state index contributed by atoms with van der Waals surface area (Å²) in [6.07, 6.45) is 0.714. The maximum absolute atomic E-state index is 5.84. The van der Waals surface area contributed by atoms with Crippen LogP contribution in [0, 0.1) is 0 Å². The van der Waals surface area contributed by atoms with Crippen molar-refractivity contribution < 1.29 is 10.9 Å². The van der Waals surface area contributed by atoms with E-state index in [0.29, 0.717) is 13.0 Å². The molecule has 0 amide bonds. The smallest absolute Gasteiger partial charge is 0.188 e.